The van der Waals surface area contributed by atoms with Gasteiger partial charge in [-0.25, -0.2) is 4.98 Å². The monoisotopic (exact) mass is 264 g/mol. The van der Waals surface area contributed by atoms with Gasteiger partial charge in [-0.05, 0) is 12.8 Å². The Bertz CT molecular complexity index is 438. The first-order valence-corrected chi connectivity index (χ1v) is 6.44. The van der Waals surface area contributed by atoms with Crippen LogP contribution in [0.5, 0.6) is 0 Å². The molecule has 1 aliphatic rings. The third kappa shape index (κ3) is 3.41. The summed E-state index contributed by atoms with van der Waals surface area (Å²) in [7, 11) is 3.41. The second-order valence-electron chi connectivity index (χ2n) is 5.28. The summed E-state index contributed by atoms with van der Waals surface area (Å²) in [5.41, 5.74) is -0.975. The highest BCUT2D eigenvalue weighted by atomic mass is 16.3. The van der Waals surface area contributed by atoms with Gasteiger partial charge in [0.2, 0.25) is 5.91 Å². The Morgan fingerprint density at radius 1 is 1.53 bits per heavy atom. The average molecular weight is 264 g/mol. The fourth-order valence-electron chi connectivity index (χ4n) is 2.35. The van der Waals surface area contributed by atoms with Crippen molar-refractivity contribution in [2.24, 2.45) is 0 Å². The Morgan fingerprint density at radius 3 is 2.95 bits per heavy atom. The second-order valence-corrected chi connectivity index (χ2v) is 5.28. The van der Waals surface area contributed by atoms with Crippen molar-refractivity contribution in [2.45, 2.75) is 24.9 Å². The van der Waals surface area contributed by atoms with E-state index in [9.17, 15) is 9.90 Å². The van der Waals surface area contributed by atoms with Crippen molar-refractivity contribution in [3.63, 3.8) is 0 Å². The summed E-state index contributed by atoms with van der Waals surface area (Å²) in [5, 5.41) is 10.6. The Hall–Kier alpha value is -1.69. The SMILES string of the molecule is CN(C)C(=O)CC1(O)CCCN(c2cnccn2)C1. The van der Waals surface area contributed by atoms with Gasteiger partial charge < -0.3 is 14.9 Å². The van der Waals surface area contributed by atoms with Crippen LogP contribution < -0.4 is 4.90 Å². The Balaban J connectivity index is 2.06. The number of hydrogen-bond acceptors (Lipinski definition) is 5. The second kappa shape index (κ2) is 5.52. The molecule has 1 aromatic rings. The highest BCUT2D eigenvalue weighted by Crippen LogP contribution is 2.27. The van der Waals surface area contributed by atoms with E-state index >= 15 is 0 Å². The number of β-amino-alcohol motifs (C(OH)–C–C–N with tert-alkyl or cyclic N) is 1. The molecule has 2 rings (SSSR count). The highest BCUT2D eigenvalue weighted by Gasteiger charge is 2.36. The molecule has 6 heteroatoms. The lowest BCUT2D eigenvalue weighted by Crippen LogP contribution is -2.50. The largest absolute Gasteiger partial charge is 0.388 e. The van der Waals surface area contributed by atoms with Gasteiger partial charge in [0.15, 0.2) is 0 Å². The van der Waals surface area contributed by atoms with Crippen LogP contribution in [0.3, 0.4) is 0 Å². The van der Waals surface area contributed by atoms with Crippen LogP contribution in [-0.2, 0) is 4.79 Å². The molecule has 0 spiro atoms. The molecule has 2 heterocycles. The van der Waals surface area contributed by atoms with Crippen molar-refractivity contribution in [3.05, 3.63) is 18.6 Å². The van der Waals surface area contributed by atoms with Gasteiger partial charge in [-0.2, -0.15) is 0 Å². The number of aliphatic hydroxyl groups is 1. The number of rotatable bonds is 3. The zero-order valence-electron chi connectivity index (χ0n) is 11.4. The molecule has 104 valence electrons. The van der Waals surface area contributed by atoms with Gasteiger partial charge in [-0.1, -0.05) is 0 Å². The normalized spacial score (nSPS) is 23.2. The minimum atomic E-state index is -0.975. The molecule has 1 atom stereocenters. The molecule has 1 N–H and O–H groups in total. The third-order valence-corrected chi connectivity index (χ3v) is 3.41. The van der Waals surface area contributed by atoms with Gasteiger partial charge in [-0.3, -0.25) is 9.78 Å². The minimum absolute atomic E-state index is 0.0523. The van der Waals surface area contributed by atoms with Gasteiger partial charge in [-0.15, -0.1) is 0 Å². The van der Waals surface area contributed by atoms with Crippen molar-refractivity contribution in [2.75, 3.05) is 32.1 Å². The molecule has 1 aliphatic heterocycles. The molecular formula is C13H20N4O2. The quantitative estimate of drug-likeness (QED) is 0.849. The predicted molar refractivity (Wildman–Crippen MR) is 71.7 cm³/mol. The van der Waals surface area contributed by atoms with Crippen LogP contribution in [0.15, 0.2) is 18.6 Å². The van der Waals surface area contributed by atoms with Crippen molar-refractivity contribution in [1.82, 2.24) is 14.9 Å². The van der Waals surface area contributed by atoms with Gasteiger partial charge in [0.05, 0.1) is 18.2 Å². The topological polar surface area (TPSA) is 69.6 Å². The van der Waals surface area contributed by atoms with Crippen LogP contribution in [0.2, 0.25) is 0 Å². The number of carbonyl (C=O) groups excluding carboxylic acids is 1. The molecule has 1 fully saturated rings. The number of anilines is 1. The molecule has 1 saturated heterocycles. The molecule has 1 aromatic heterocycles. The number of nitrogens with zero attached hydrogens (tertiary/aromatic N) is 4. The number of carbonyl (C=O) groups is 1. The van der Waals surface area contributed by atoms with Crippen LogP contribution in [0, 0.1) is 0 Å². The Labute approximate surface area is 113 Å². The van der Waals surface area contributed by atoms with E-state index in [2.05, 4.69) is 9.97 Å². The van der Waals surface area contributed by atoms with Gasteiger partial charge in [0, 0.05) is 39.6 Å². The van der Waals surface area contributed by atoms with Crippen LogP contribution in [0.1, 0.15) is 19.3 Å². The molecule has 0 radical (unpaired) electrons. The van der Waals surface area contributed by atoms with Crippen LogP contribution in [0.25, 0.3) is 0 Å². The molecule has 0 aromatic carbocycles. The van der Waals surface area contributed by atoms with E-state index in [4.69, 9.17) is 0 Å². The maximum atomic E-state index is 11.8. The lowest BCUT2D eigenvalue weighted by molar-refractivity contribution is -0.134. The van der Waals surface area contributed by atoms with Gasteiger partial charge >= 0.3 is 0 Å². The maximum Gasteiger partial charge on any atom is 0.225 e. The van der Waals surface area contributed by atoms with E-state index in [0.29, 0.717) is 13.0 Å². The lowest BCUT2D eigenvalue weighted by atomic mass is 9.89. The molecule has 6 nitrogen and oxygen atoms in total. The molecule has 19 heavy (non-hydrogen) atoms. The lowest BCUT2D eigenvalue weighted by Gasteiger charge is -2.39. The Morgan fingerprint density at radius 2 is 2.32 bits per heavy atom. The van der Waals surface area contributed by atoms with E-state index in [-0.39, 0.29) is 12.3 Å². The molecule has 0 aliphatic carbocycles. The zero-order valence-corrected chi connectivity index (χ0v) is 11.4. The van der Waals surface area contributed by atoms with Crippen molar-refractivity contribution < 1.29 is 9.90 Å². The van der Waals surface area contributed by atoms with E-state index in [1.165, 1.54) is 4.90 Å². The molecule has 1 amide bonds. The van der Waals surface area contributed by atoms with E-state index < -0.39 is 5.60 Å². The standard InChI is InChI=1S/C13H20N4O2/c1-16(2)12(18)8-13(19)4-3-7-17(10-13)11-9-14-5-6-15-11/h5-6,9,19H,3-4,7-8,10H2,1-2H3. The van der Waals surface area contributed by atoms with Gasteiger partial charge in [0.1, 0.15) is 5.82 Å². The zero-order chi connectivity index (χ0) is 13.9. The predicted octanol–water partition coefficient (Wildman–Crippen LogP) is 0.286. The third-order valence-electron chi connectivity index (χ3n) is 3.41. The number of hydrogen-bond donors (Lipinski definition) is 1. The van der Waals surface area contributed by atoms with Crippen LogP contribution in [0.4, 0.5) is 5.82 Å². The fourth-order valence-corrected chi connectivity index (χ4v) is 2.35. The first-order valence-electron chi connectivity index (χ1n) is 6.44. The number of piperidine rings is 1. The van der Waals surface area contributed by atoms with Crippen molar-refractivity contribution >= 4 is 11.7 Å². The van der Waals surface area contributed by atoms with Crippen LogP contribution in [-0.4, -0.2) is 58.7 Å². The van der Waals surface area contributed by atoms with Crippen molar-refractivity contribution in [1.29, 1.82) is 0 Å². The molecular weight excluding hydrogens is 244 g/mol. The number of aromatic nitrogens is 2. The summed E-state index contributed by atoms with van der Waals surface area (Å²) >= 11 is 0. The first-order chi connectivity index (χ1) is 9.00. The molecule has 0 bridgehead atoms. The van der Waals surface area contributed by atoms with E-state index in [1.807, 2.05) is 4.90 Å². The van der Waals surface area contributed by atoms with Crippen molar-refractivity contribution in [3.8, 4) is 0 Å². The van der Waals surface area contributed by atoms with Crippen LogP contribution >= 0.6 is 0 Å². The highest BCUT2D eigenvalue weighted by molar-refractivity contribution is 5.76. The molecule has 1 unspecified atom stereocenters. The summed E-state index contributed by atoms with van der Waals surface area (Å²) in [4.78, 5) is 23.6. The molecule has 0 saturated carbocycles. The minimum Gasteiger partial charge on any atom is -0.388 e. The van der Waals surface area contributed by atoms with E-state index in [0.717, 1.165) is 18.8 Å². The summed E-state index contributed by atoms with van der Waals surface area (Å²) in [6, 6.07) is 0. The first kappa shape index (κ1) is 13.7. The number of amides is 1. The fraction of sp³-hybridized carbons (Fsp3) is 0.615. The van der Waals surface area contributed by atoms with E-state index in [1.54, 1.807) is 32.7 Å². The summed E-state index contributed by atoms with van der Waals surface area (Å²) in [6.07, 6.45) is 6.57. The van der Waals surface area contributed by atoms with Gasteiger partial charge in [0.25, 0.3) is 0 Å². The summed E-state index contributed by atoms with van der Waals surface area (Å²) in [6.45, 7) is 1.25. The maximum absolute atomic E-state index is 11.8. The Kier molecular flexibility index (Phi) is 3.99. The summed E-state index contributed by atoms with van der Waals surface area (Å²) < 4.78 is 0. The summed E-state index contributed by atoms with van der Waals surface area (Å²) in [5.74, 6) is 0.696. The average Bonchev–Trinajstić information content (AvgIpc) is 2.39. The smallest absolute Gasteiger partial charge is 0.225 e.